The molecule has 0 bridgehead atoms. The molecule has 0 rings (SSSR count). The maximum atomic E-state index is 11.3. The lowest BCUT2D eigenvalue weighted by Crippen LogP contribution is -2.44. The fourth-order valence-electron chi connectivity index (χ4n) is 1.29. The maximum Gasteiger partial charge on any atom is 0.236 e. The Hall–Kier alpha value is -0.610. The van der Waals surface area contributed by atoms with Crippen LogP contribution in [0.2, 0.25) is 0 Å². The number of nitrogens with two attached hydrogens (primary N) is 1. The van der Waals surface area contributed by atoms with Crippen LogP contribution >= 0.6 is 0 Å². The van der Waals surface area contributed by atoms with E-state index in [0.29, 0.717) is 6.54 Å². The normalized spacial score (nSPS) is 13.0. The van der Waals surface area contributed by atoms with Crippen LogP contribution in [0.3, 0.4) is 0 Å². The summed E-state index contributed by atoms with van der Waals surface area (Å²) in [6.07, 6.45) is 0.940. The van der Waals surface area contributed by atoms with Crippen LogP contribution in [-0.4, -0.2) is 43.5 Å². The van der Waals surface area contributed by atoms with E-state index in [4.69, 9.17) is 5.73 Å². The molecule has 1 unspecified atom stereocenters. The summed E-state index contributed by atoms with van der Waals surface area (Å²) in [5.74, 6) is 0.0684. The van der Waals surface area contributed by atoms with Crippen LogP contribution < -0.4 is 11.1 Å². The topological polar surface area (TPSA) is 58.4 Å². The Balaban J connectivity index is 3.98. The Morgan fingerprint density at radius 2 is 2.23 bits per heavy atom. The second-order valence-electron chi connectivity index (χ2n) is 3.06. The van der Waals surface area contributed by atoms with E-state index in [1.807, 2.05) is 6.92 Å². The van der Waals surface area contributed by atoms with Crippen molar-refractivity contribution in [2.75, 3.05) is 26.7 Å². The molecule has 1 atom stereocenters. The maximum absolute atomic E-state index is 11.3. The molecule has 4 heteroatoms. The molecule has 0 radical (unpaired) electrons. The zero-order valence-electron chi connectivity index (χ0n) is 8.84. The van der Waals surface area contributed by atoms with Crippen molar-refractivity contribution < 1.29 is 4.79 Å². The van der Waals surface area contributed by atoms with Crippen molar-refractivity contribution in [3.8, 4) is 0 Å². The summed E-state index contributed by atoms with van der Waals surface area (Å²) in [7, 11) is 1.66. The van der Waals surface area contributed by atoms with Crippen molar-refractivity contribution in [3.05, 3.63) is 0 Å². The number of carbonyl (C=O) groups excluding carboxylic acids is 1. The number of rotatable bonds is 6. The van der Waals surface area contributed by atoms with Gasteiger partial charge in [0.15, 0.2) is 0 Å². The van der Waals surface area contributed by atoms with Crippen molar-refractivity contribution >= 4 is 5.91 Å². The summed E-state index contributed by atoms with van der Waals surface area (Å²) in [5.41, 5.74) is 5.41. The van der Waals surface area contributed by atoms with Crippen LogP contribution in [-0.2, 0) is 4.79 Å². The van der Waals surface area contributed by atoms with E-state index < -0.39 is 0 Å². The smallest absolute Gasteiger partial charge is 0.236 e. The van der Waals surface area contributed by atoms with Crippen molar-refractivity contribution in [3.63, 3.8) is 0 Å². The van der Waals surface area contributed by atoms with Gasteiger partial charge in [0.2, 0.25) is 5.91 Å². The van der Waals surface area contributed by atoms with Crippen LogP contribution in [0.1, 0.15) is 20.3 Å². The van der Waals surface area contributed by atoms with Gasteiger partial charge in [-0.05, 0) is 26.4 Å². The van der Waals surface area contributed by atoms with Crippen LogP contribution in [0.25, 0.3) is 0 Å². The molecule has 78 valence electrons. The van der Waals surface area contributed by atoms with Gasteiger partial charge < -0.3 is 11.1 Å². The van der Waals surface area contributed by atoms with Crippen molar-refractivity contribution in [1.82, 2.24) is 10.2 Å². The predicted octanol–water partition coefficient (Wildman–Crippen LogP) is -0.208. The van der Waals surface area contributed by atoms with Crippen LogP contribution in [0.5, 0.6) is 0 Å². The van der Waals surface area contributed by atoms with Gasteiger partial charge >= 0.3 is 0 Å². The summed E-state index contributed by atoms with van der Waals surface area (Å²) in [4.78, 5) is 13.4. The zero-order chi connectivity index (χ0) is 10.3. The number of nitrogens with one attached hydrogen (secondary N) is 1. The number of carbonyl (C=O) groups is 1. The van der Waals surface area contributed by atoms with E-state index in [9.17, 15) is 4.79 Å². The monoisotopic (exact) mass is 187 g/mol. The standard InChI is InChI=1S/C9H21N3O/c1-4-12(7-5-6-10)8(2)9(13)11-3/h8H,4-7,10H2,1-3H3,(H,11,13). The lowest BCUT2D eigenvalue weighted by atomic mass is 10.2. The van der Waals surface area contributed by atoms with Crippen molar-refractivity contribution in [1.29, 1.82) is 0 Å². The van der Waals surface area contributed by atoms with E-state index in [2.05, 4.69) is 17.1 Å². The SMILES string of the molecule is CCN(CCCN)C(C)C(=O)NC. The molecule has 0 aliphatic carbocycles. The van der Waals surface area contributed by atoms with E-state index in [0.717, 1.165) is 19.5 Å². The van der Waals surface area contributed by atoms with Crippen LogP contribution in [0.4, 0.5) is 0 Å². The average Bonchev–Trinajstić information content (AvgIpc) is 2.17. The highest BCUT2D eigenvalue weighted by Gasteiger charge is 2.17. The quantitative estimate of drug-likeness (QED) is 0.605. The van der Waals surface area contributed by atoms with Gasteiger partial charge in [-0.1, -0.05) is 6.92 Å². The molecule has 3 N–H and O–H groups in total. The minimum Gasteiger partial charge on any atom is -0.358 e. The number of amides is 1. The summed E-state index contributed by atoms with van der Waals surface area (Å²) in [6, 6.07) is -0.0541. The highest BCUT2D eigenvalue weighted by Crippen LogP contribution is 1.99. The number of likely N-dealkylation sites (N-methyl/N-ethyl adjacent to an activating group) is 2. The third-order valence-corrected chi connectivity index (χ3v) is 2.23. The fraction of sp³-hybridized carbons (Fsp3) is 0.889. The van der Waals surface area contributed by atoms with Gasteiger partial charge in [0.05, 0.1) is 6.04 Å². The van der Waals surface area contributed by atoms with Crippen molar-refractivity contribution in [2.24, 2.45) is 5.73 Å². The Bertz CT molecular complexity index is 150. The molecule has 0 spiro atoms. The molecule has 4 nitrogen and oxygen atoms in total. The zero-order valence-corrected chi connectivity index (χ0v) is 8.84. The van der Waals surface area contributed by atoms with Gasteiger partial charge in [-0.25, -0.2) is 0 Å². The molecule has 0 saturated heterocycles. The third kappa shape index (κ3) is 4.24. The lowest BCUT2D eigenvalue weighted by Gasteiger charge is -2.25. The molecule has 0 aromatic rings. The molecule has 1 amide bonds. The van der Waals surface area contributed by atoms with E-state index >= 15 is 0 Å². The van der Waals surface area contributed by atoms with Gasteiger partial charge in [0.1, 0.15) is 0 Å². The van der Waals surface area contributed by atoms with E-state index in [-0.39, 0.29) is 11.9 Å². The number of hydrogen-bond acceptors (Lipinski definition) is 3. The highest BCUT2D eigenvalue weighted by molar-refractivity contribution is 5.80. The van der Waals surface area contributed by atoms with E-state index in [1.54, 1.807) is 7.05 Å². The number of hydrogen-bond donors (Lipinski definition) is 2. The highest BCUT2D eigenvalue weighted by atomic mass is 16.2. The molecule has 0 fully saturated rings. The summed E-state index contributed by atoms with van der Waals surface area (Å²) in [5, 5.41) is 2.64. The Morgan fingerprint density at radius 1 is 1.62 bits per heavy atom. The second-order valence-corrected chi connectivity index (χ2v) is 3.06. The molecule has 0 heterocycles. The molecule has 0 saturated carbocycles. The number of nitrogens with zero attached hydrogens (tertiary/aromatic N) is 1. The summed E-state index contributed by atoms with van der Waals surface area (Å²) < 4.78 is 0. The molecule has 0 aromatic carbocycles. The minimum absolute atomic E-state index is 0.0541. The third-order valence-electron chi connectivity index (χ3n) is 2.23. The molecule has 0 aliphatic rings. The van der Waals surface area contributed by atoms with E-state index in [1.165, 1.54) is 0 Å². The van der Waals surface area contributed by atoms with Crippen molar-refractivity contribution in [2.45, 2.75) is 26.3 Å². The molecular formula is C9H21N3O. The summed E-state index contributed by atoms with van der Waals surface area (Å²) in [6.45, 7) is 6.42. The van der Waals surface area contributed by atoms with Gasteiger partial charge in [-0.15, -0.1) is 0 Å². The fourth-order valence-corrected chi connectivity index (χ4v) is 1.29. The lowest BCUT2D eigenvalue weighted by molar-refractivity contribution is -0.125. The molecule has 13 heavy (non-hydrogen) atoms. The average molecular weight is 187 g/mol. The largest absolute Gasteiger partial charge is 0.358 e. The Kier molecular flexibility index (Phi) is 6.54. The Morgan fingerprint density at radius 3 is 2.62 bits per heavy atom. The van der Waals surface area contributed by atoms with Gasteiger partial charge in [0, 0.05) is 13.6 Å². The first-order valence-electron chi connectivity index (χ1n) is 4.83. The second kappa shape index (κ2) is 6.86. The van der Waals surface area contributed by atoms with Crippen LogP contribution in [0.15, 0.2) is 0 Å². The first-order valence-corrected chi connectivity index (χ1v) is 4.83. The van der Waals surface area contributed by atoms with Gasteiger partial charge in [-0.2, -0.15) is 0 Å². The minimum atomic E-state index is -0.0541. The predicted molar refractivity (Wildman–Crippen MR) is 54.4 cm³/mol. The first-order chi connectivity index (χ1) is 6.17. The Labute approximate surface area is 80.5 Å². The molecular weight excluding hydrogens is 166 g/mol. The molecule has 0 aromatic heterocycles. The summed E-state index contributed by atoms with van der Waals surface area (Å²) >= 11 is 0. The first kappa shape index (κ1) is 12.4. The van der Waals surface area contributed by atoms with Crippen LogP contribution in [0, 0.1) is 0 Å². The van der Waals surface area contributed by atoms with Gasteiger partial charge in [0.25, 0.3) is 0 Å². The van der Waals surface area contributed by atoms with Gasteiger partial charge in [-0.3, -0.25) is 9.69 Å². The molecule has 0 aliphatic heterocycles.